The highest BCUT2D eigenvalue weighted by molar-refractivity contribution is 5.79. The van der Waals surface area contributed by atoms with Gasteiger partial charge in [-0.3, -0.25) is 4.79 Å². The Morgan fingerprint density at radius 1 is 1.00 bits per heavy atom. The quantitative estimate of drug-likeness (QED) is 0.533. The molecule has 5 nitrogen and oxygen atoms in total. The Kier molecular flexibility index (Phi) is 5.44. The fourth-order valence-corrected chi connectivity index (χ4v) is 3.53. The number of hydrogen-bond donors (Lipinski definition) is 2. The van der Waals surface area contributed by atoms with E-state index in [1.165, 1.54) is 28.3 Å². The van der Waals surface area contributed by atoms with Crippen LogP contribution in [0.25, 0.3) is 11.1 Å². The highest BCUT2D eigenvalue weighted by Gasteiger charge is 2.28. The second kappa shape index (κ2) is 8.49. The Bertz CT molecular complexity index is 1090. The molecule has 1 aliphatic carbocycles. The van der Waals surface area contributed by atoms with Crippen molar-refractivity contribution in [2.45, 2.75) is 12.3 Å². The van der Waals surface area contributed by atoms with E-state index in [4.69, 9.17) is 4.74 Å². The lowest BCUT2D eigenvalue weighted by molar-refractivity contribution is 0.143. The molecule has 144 valence electrons. The molecule has 0 atom stereocenters. The Balaban J connectivity index is 1.29. The van der Waals surface area contributed by atoms with Crippen LogP contribution in [0.5, 0.6) is 0 Å². The number of carbonyl (C=O) groups is 1. The lowest BCUT2D eigenvalue weighted by atomic mass is 9.98. The standard InChI is InChI=1S/C24H20N2O3/c27-23-13-12-17(15-26-23)7-5-6-14-25-24(28)29-16-22-20-10-3-1-8-18(20)19-9-2-4-11-21(19)22/h1-4,8-13,15,22H,6,14,16H2,(H,25,28)(H,26,27). The molecule has 0 spiro atoms. The summed E-state index contributed by atoms with van der Waals surface area (Å²) < 4.78 is 5.48. The maximum absolute atomic E-state index is 12.1. The van der Waals surface area contributed by atoms with Crippen LogP contribution in [0.3, 0.4) is 0 Å². The third kappa shape index (κ3) is 4.22. The summed E-state index contributed by atoms with van der Waals surface area (Å²) in [7, 11) is 0. The van der Waals surface area contributed by atoms with E-state index >= 15 is 0 Å². The van der Waals surface area contributed by atoms with Gasteiger partial charge in [-0.1, -0.05) is 60.4 Å². The fraction of sp³-hybridized carbons (Fsp3) is 0.167. The molecule has 29 heavy (non-hydrogen) atoms. The first-order valence-electron chi connectivity index (χ1n) is 9.49. The van der Waals surface area contributed by atoms with E-state index in [-0.39, 0.29) is 11.5 Å². The van der Waals surface area contributed by atoms with Crippen LogP contribution in [-0.2, 0) is 4.74 Å². The molecular formula is C24H20N2O3. The molecule has 1 amide bonds. The summed E-state index contributed by atoms with van der Waals surface area (Å²) in [6.07, 6.45) is 1.61. The number of nitrogens with one attached hydrogen (secondary N) is 2. The van der Waals surface area contributed by atoms with Gasteiger partial charge >= 0.3 is 6.09 Å². The van der Waals surface area contributed by atoms with Gasteiger partial charge in [-0.2, -0.15) is 0 Å². The summed E-state index contributed by atoms with van der Waals surface area (Å²) in [6, 6.07) is 19.6. The van der Waals surface area contributed by atoms with Gasteiger partial charge in [0.2, 0.25) is 5.56 Å². The van der Waals surface area contributed by atoms with E-state index in [9.17, 15) is 9.59 Å². The molecule has 0 aliphatic heterocycles. The predicted octanol–water partition coefficient (Wildman–Crippen LogP) is 3.66. The maximum Gasteiger partial charge on any atom is 0.407 e. The number of pyridine rings is 1. The van der Waals surface area contributed by atoms with Gasteiger partial charge in [0, 0.05) is 36.7 Å². The number of rotatable bonds is 4. The predicted molar refractivity (Wildman–Crippen MR) is 112 cm³/mol. The van der Waals surface area contributed by atoms with E-state index in [0.29, 0.717) is 19.6 Å². The Morgan fingerprint density at radius 2 is 1.69 bits per heavy atom. The van der Waals surface area contributed by atoms with Crippen LogP contribution in [0.15, 0.2) is 71.7 Å². The number of ether oxygens (including phenoxy) is 1. The van der Waals surface area contributed by atoms with Gasteiger partial charge in [0.15, 0.2) is 0 Å². The Labute approximate surface area is 168 Å². The lowest BCUT2D eigenvalue weighted by Crippen LogP contribution is -2.26. The van der Waals surface area contributed by atoms with Gasteiger partial charge in [-0.15, -0.1) is 0 Å². The second-order valence-electron chi connectivity index (χ2n) is 6.75. The van der Waals surface area contributed by atoms with Crippen molar-refractivity contribution in [1.82, 2.24) is 10.3 Å². The molecule has 1 heterocycles. The van der Waals surface area contributed by atoms with Crippen molar-refractivity contribution in [3.8, 4) is 23.0 Å². The van der Waals surface area contributed by atoms with Crippen molar-refractivity contribution in [2.24, 2.45) is 0 Å². The number of amides is 1. The number of benzene rings is 2. The van der Waals surface area contributed by atoms with Crippen molar-refractivity contribution in [1.29, 1.82) is 0 Å². The zero-order valence-corrected chi connectivity index (χ0v) is 15.8. The van der Waals surface area contributed by atoms with Crippen LogP contribution in [0.4, 0.5) is 4.79 Å². The van der Waals surface area contributed by atoms with Gasteiger partial charge in [-0.25, -0.2) is 4.79 Å². The average Bonchev–Trinajstić information content (AvgIpc) is 3.07. The van der Waals surface area contributed by atoms with E-state index < -0.39 is 6.09 Å². The van der Waals surface area contributed by atoms with Crippen molar-refractivity contribution >= 4 is 6.09 Å². The molecule has 3 aromatic rings. The zero-order valence-electron chi connectivity index (χ0n) is 15.8. The van der Waals surface area contributed by atoms with Crippen LogP contribution in [0.1, 0.15) is 29.0 Å². The number of alkyl carbamates (subject to hydrolysis) is 1. The third-order valence-electron chi connectivity index (χ3n) is 4.88. The van der Waals surface area contributed by atoms with Crippen LogP contribution in [0.2, 0.25) is 0 Å². The van der Waals surface area contributed by atoms with Crippen molar-refractivity contribution < 1.29 is 9.53 Å². The van der Waals surface area contributed by atoms with Crippen LogP contribution in [-0.4, -0.2) is 24.2 Å². The minimum atomic E-state index is -0.447. The Morgan fingerprint density at radius 3 is 2.34 bits per heavy atom. The number of fused-ring (bicyclic) bond motifs is 3. The minimum absolute atomic E-state index is 0.0492. The van der Waals surface area contributed by atoms with Gasteiger partial charge < -0.3 is 15.0 Å². The number of aromatic nitrogens is 1. The fourth-order valence-electron chi connectivity index (χ4n) is 3.53. The first-order chi connectivity index (χ1) is 14.2. The topological polar surface area (TPSA) is 71.2 Å². The second-order valence-corrected chi connectivity index (χ2v) is 6.75. The minimum Gasteiger partial charge on any atom is -0.449 e. The van der Waals surface area contributed by atoms with Gasteiger partial charge in [-0.05, 0) is 28.3 Å². The van der Waals surface area contributed by atoms with Gasteiger partial charge in [0.05, 0.1) is 0 Å². The molecular weight excluding hydrogens is 364 g/mol. The molecule has 5 heteroatoms. The third-order valence-corrected chi connectivity index (χ3v) is 4.88. The molecule has 0 radical (unpaired) electrons. The average molecular weight is 384 g/mol. The molecule has 0 unspecified atom stereocenters. The summed E-state index contributed by atoms with van der Waals surface area (Å²) in [5.74, 6) is 5.94. The normalized spacial score (nSPS) is 11.7. The van der Waals surface area contributed by atoms with E-state index in [1.807, 2.05) is 24.3 Å². The van der Waals surface area contributed by atoms with E-state index in [2.05, 4.69) is 46.4 Å². The van der Waals surface area contributed by atoms with Crippen molar-refractivity contribution in [3.63, 3.8) is 0 Å². The summed E-state index contributed by atoms with van der Waals surface area (Å²) >= 11 is 0. The summed E-state index contributed by atoms with van der Waals surface area (Å²) in [6.45, 7) is 0.690. The number of hydrogen-bond acceptors (Lipinski definition) is 3. The molecule has 0 saturated carbocycles. The van der Waals surface area contributed by atoms with Crippen molar-refractivity contribution in [2.75, 3.05) is 13.2 Å². The number of carbonyl (C=O) groups excluding carboxylic acids is 1. The largest absolute Gasteiger partial charge is 0.449 e. The Hall–Kier alpha value is -3.78. The first-order valence-corrected chi connectivity index (χ1v) is 9.49. The zero-order chi connectivity index (χ0) is 20.1. The highest BCUT2D eigenvalue weighted by Crippen LogP contribution is 2.44. The van der Waals surface area contributed by atoms with Gasteiger partial charge in [0.25, 0.3) is 0 Å². The monoisotopic (exact) mass is 384 g/mol. The SMILES string of the molecule is O=C(NCCC#Cc1ccc(=O)[nH]c1)OCC1c2ccccc2-c2ccccc21. The summed E-state index contributed by atoms with van der Waals surface area (Å²) in [5.41, 5.74) is 5.35. The molecule has 4 rings (SSSR count). The smallest absolute Gasteiger partial charge is 0.407 e. The highest BCUT2D eigenvalue weighted by atomic mass is 16.5. The van der Waals surface area contributed by atoms with Gasteiger partial charge in [0.1, 0.15) is 6.61 Å². The lowest BCUT2D eigenvalue weighted by Gasteiger charge is -2.14. The first kappa shape index (κ1) is 18.6. The summed E-state index contributed by atoms with van der Waals surface area (Å²) in [5, 5.41) is 2.73. The molecule has 0 bridgehead atoms. The summed E-state index contributed by atoms with van der Waals surface area (Å²) in [4.78, 5) is 25.6. The van der Waals surface area contributed by atoms with Crippen LogP contribution < -0.4 is 10.9 Å². The van der Waals surface area contributed by atoms with Crippen molar-refractivity contribution in [3.05, 3.63) is 93.9 Å². The van der Waals surface area contributed by atoms with E-state index in [0.717, 1.165) is 5.56 Å². The molecule has 2 N–H and O–H groups in total. The molecule has 1 aromatic heterocycles. The van der Waals surface area contributed by atoms with Crippen LogP contribution in [0, 0.1) is 11.8 Å². The van der Waals surface area contributed by atoms with Crippen LogP contribution >= 0.6 is 0 Å². The molecule has 2 aromatic carbocycles. The maximum atomic E-state index is 12.1. The molecule has 0 saturated heterocycles. The van der Waals surface area contributed by atoms with E-state index in [1.54, 1.807) is 12.3 Å². The number of aromatic amines is 1. The number of H-pyrrole nitrogens is 1. The molecule has 1 aliphatic rings. The molecule has 0 fully saturated rings.